The van der Waals surface area contributed by atoms with Crippen molar-refractivity contribution in [3.05, 3.63) is 35.0 Å². The molecule has 2 rings (SSSR count). The van der Waals surface area contributed by atoms with Gasteiger partial charge in [-0.3, -0.25) is 0 Å². The van der Waals surface area contributed by atoms with Gasteiger partial charge in [0.15, 0.2) is 0 Å². The number of aromatic nitrogens is 1. The molecule has 1 aromatic heterocycles. The molecule has 0 saturated carbocycles. The molecule has 2 heteroatoms. The minimum atomic E-state index is 0.0829. The maximum Gasteiger partial charge on any atom is 0.0833 e. The summed E-state index contributed by atoms with van der Waals surface area (Å²) in [6.45, 7) is 4.19. The van der Waals surface area contributed by atoms with Gasteiger partial charge in [-0.25, -0.2) is 0 Å². The van der Waals surface area contributed by atoms with Crippen LogP contribution in [-0.4, -0.2) is 10.1 Å². The highest BCUT2D eigenvalue weighted by molar-refractivity contribution is 5.84. The molecule has 0 amide bonds. The second-order valence-electron chi connectivity index (χ2n) is 3.44. The van der Waals surface area contributed by atoms with Crippen LogP contribution in [-0.2, 0) is 6.61 Å². The summed E-state index contributed by atoms with van der Waals surface area (Å²) in [5.74, 6) is 0. The number of fused-ring (bicyclic) bond motifs is 1. The molecule has 2 nitrogen and oxygen atoms in total. The Hall–Kier alpha value is -1.28. The van der Waals surface area contributed by atoms with Gasteiger partial charge in [0.1, 0.15) is 0 Å². The predicted molar refractivity (Wildman–Crippen MR) is 53.7 cm³/mol. The standard InChI is InChI=1S/C11H13NO/c1-7-3-4-10-9(5-7)8(2)11(6-13)12-10/h3-5,12-13H,6H2,1-2H3. The van der Waals surface area contributed by atoms with E-state index in [1.54, 1.807) is 0 Å². The maximum atomic E-state index is 9.06. The Labute approximate surface area is 77.2 Å². The highest BCUT2D eigenvalue weighted by Crippen LogP contribution is 2.22. The lowest BCUT2D eigenvalue weighted by molar-refractivity contribution is 0.277. The number of aryl methyl sites for hydroxylation is 2. The van der Waals surface area contributed by atoms with Crippen LogP contribution in [0.15, 0.2) is 18.2 Å². The quantitative estimate of drug-likeness (QED) is 0.685. The summed E-state index contributed by atoms with van der Waals surface area (Å²) in [6, 6.07) is 6.26. The summed E-state index contributed by atoms with van der Waals surface area (Å²) >= 11 is 0. The molecule has 0 aliphatic rings. The Balaban J connectivity index is 2.77. The highest BCUT2D eigenvalue weighted by atomic mass is 16.3. The minimum absolute atomic E-state index is 0.0829. The minimum Gasteiger partial charge on any atom is -0.390 e. The average molecular weight is 175 g/mol. The lowest BCUT2D eigenvalue weighted by Gasteiger charge is -1.93. The molecule has 0 saturated heterocycles. The first-order chi connectivity index (χ1) is 6.22. The van der Waals surface area contributed by atoms with Crippen molar-refractivity contribution in [2.75, 3.05) is 0 Å². The Morgan fingerprint density at radius 2 is 2.08 bits per heavy atom. The zero-order valence-electron chi connectivity index (χ0n) is 7.89. The number of aromatic amines is 1. The topological polar surface area (TPSA) is 36.0 Å². The van der Waals surface area contributed by atoms with Gasteiger partial charge in [0, 0.05) is 16.6 Å². The van der Waals surface area contributed by atoms with Crippen molar-refractivity contribution in [2.45, 2.75) is 20.5 Å². The van der Waals surface area contributed by atoms with Gasteiger partial charge in [-0.1, -0.05) is 11.6 Å². The van der Waals surface area contributed by atoms with Crippen molar-refractivity contribution in [1.29, 1.82) is 0 Å². The number of benzene rings is 1. The first kappa shape index (κ1) is 8.32. The fourth-order valence-electron chi connectivity index (χ4n) is 1.65. The van der Waals surface area contributed by atoms with E-state index in [1.165, 1.54) is 10.9 Å². The Morgan fingerprint density at radius 1 is 1.31 bits per heavy atom. The third kappa shape index (κ3) is 1.23. The van der Waals surface area contributed by atoms with E-state index in [4.69, 9.17) is 5.11 Å². The van der Waals surface area contributed by atoms with Crippen LogP contribution in [0, 0.1) is 13.8 Å². The Kier molecular flexibility index (Phi) is 1.85. The number of nitrogens with one attached hydrogen (secondary N) is 1. The summed E-state index contributed by atoms with van der Waals surface area (Å²) in [6.07, 6.45) is 0. The molecule has 0 aliphatic carbocycles. The van der Waals surface area contributed by atoms with Gasteiger partial charge in [0.2, 0.25) is 0 Å². The van der Waals surface area contributed by atoms with E-state index < -0.39 is 0 Å². The molecule has 0 atom stereocenters. The SMILES string of the molecule is Cc1ccc2[nH]c(CO)c(C)c2c1. The summed E-state index contributed by atoms with van der Waals surface area (Å²) in [7, 11) is 0. The number of H-pyrrole nitrogens is 1. The molecule has 0 fully saturated rings. The summed E-state index contributed by atoms with van der Waals surface area (Å²) in [5.41, 5.74) is 4.42. The first-order valence-corrected chi connectivity index (χ1v) is 4.41. The fourth-order valence-corrected chi connectivity index (χ4v) is 1.65. The number of hydrogen-bond donors (Lipinski definition) is 2. The Bertz CT molecular complexity index is 443. The number of hydrogen-bond acceptors (Lipinski definition) is 1. The number of aliphatic hydroxyl groups is 1. The van der Waals surface area contributed by atoms with E-state index >= 15 is 0 Å². The van der Waals surface area contributed by atoms with Crippen LogP contribution < -0.4 is 0 Å². The molecular formula is C11H13NO. The van der Waals surface area contributed by atoms with Crippen LogP contribution in [0.4, 0.5) is 0 Å². The van der Waals surface area contributed by atoms with Crippen LogP contribution in [0.1, 0.15) is 16.8 Å². The molecule has 2 aromatic rings. The molecule has 1 aromatic carbocycles. The van der Waals surface area contributed by atoms with Crippen molar-refractivity contribution in [3.63, 3.8) is 0 Å². The smallest absolute Gasteiger partial charge is 0.0833 e. The molecule has 2 N–H and O–H groups in total. The second-order valence-corrected chi connectivity index (χ2v) is 3.44. The molecule has 0 bridgehead atoms. The molecule has 68 valence electrons. The summed E-state index contributed by atoms with van der Waals surface area (Å²) < 4.78 is 0. The highest BCUT2D eigenvalue weighted by Gasteiger charge is 2.05. The van der Waals surface area contributed by atoms with Gasteiger partial charge in [-0.2, -0.15) is 0 Å². The zero-order valence-corrected chi connectivity index (χ0v) is 7.89. The van der Waals surface area contributed by atoms with Crippen LogP contribution in [0.25, 0.3) is 10.9 Å². The number of aliphatic hydroxyl groups excluding tert-OH is 1. The average Bonchev–Trinajstić information content (AvgIpc) is 2.44. The first-order valence-electron chi connectivity index (χ1n) is 4.41. The van der Waals surface area contributed by atoms with Crippen molar-refractivity contribution >= 4 is 10.9 Å². The van der Waals surface area contributed by atoms with Crippen molar-refractivity contribution in [3.8, 4) is 0 Å². The molecule has 0 radical (unpaired) electrons. The van der Waals surface area contributed by atoms with Crippen LogP contribution in [0.3, 0.4) is 0 Å². The molecule has 0 unspecified atom stereocenters. The number of rotatable bonds is 1. The van der Waals surface area contributed by atoms with Gasteiger partial charge >= 0.3 is 0 Å². The maximum absolute atomic E-state index is 9.06. The largest absolute Gasteiger partial charge is 0.390 e. The third-order valence-electron chi connectivity index (χ3n) is 2.48. The van der Waals surface area contributed by atoms with Crippen LogP contribution in [0.5, 0.6) is 0 Å². The molecular weight excluding hydrogens is 162 g/mol. The van der Waals surface area contributed by atoms with Gasteiger partial charge in [-0.05, 0) is 31.5 Å². The normalized spacial score (nSPS) is 11.0. The van der Waals surface area contributed by atoms with Gasteiger partial charge in [0.05, 0.1) is 6.61 Å². The van der Waals surface area contributed by atoms with Gasteiger partial charge in [0.25, 0.3) is 0 Å². The Morgan fingerprint density at radius 3 is 2.77 bits per heavy atom. The van der Waals surface area contributed by atoms with Crippen LogP contribution in [0.2, 0.25) is 0 Å². The summed E-state index contributed by atoms with van der Waals surface area (Å²) in [5, 5.41) is 10.3. The zero-order chi connectivity index (χ0) is 9.42. The van der Waals surface area contributed by atoms with E-state index in [0.29, 0.717) is 0 Å². The van der Waals surface area contributed by atoms with E-state index in [9.17, 15) is 0 Å². The van der Waals surface area contributed by atoms with E-state index in [-0.39, 0.29) is 6.61 Å². The summed E-state index contributed by atoms with van der Waals surface area (Å²) in [4.78, 5) is 3.19. The van der Waals surface area contributed by atoms with Crippen LogP contribution >= 0.6 is 0 Å². The monoisotopic (exact) mass is 175 g/mol. The molecule has 1 heterocycles. The molecule has 0 aliphatic heterocycles. The fraction of sp³-hybridized carbons (Fsp3) is 0.273. The van der Waals surface area contributed by atoms with Crippen molar-refractivity contribution in [1.82, 2.24) is 4.98 Å². The van der Waals surface area contributed by atoms with Gasteiger partial charge in [-0.15, -0.1) is 0 Å². The molecule has 13 heavy (non-hydrogen) atoms. The van der Waals surface area contributed by atoms with E-state index in [1.807, 2.05) is 6.92 Å². The molecule has 0 spiro atoms. The second kappa shape index (κ2) is 2.89. The lowest BCUT2D eigenvalue weighted by atomic mass is 10.1. The van der Waals surface area contributed by atoms with Crippen molar-refractivity contribution in [2.24, 2.45) is 0 Å². The lowest BCUT2D eigenvalue weighted by Crippen LogP contribution is -1.84. The third-order valence-corrected chi connectivity index (χ3v) is 2.48. The predicted octanol–water partition coefficient (Wildman–Crippen LogP) is 2.28. The van der Waals surface area contributed by atoms with E-state index in [2.05, 4.69) is 30.1 Å². The van der Waals surface area contributed by atoms with Gasteiger partial charge < -0.3 is 10.1 Å². The van der Waals surface area contributed by atoms with E-state index in [0.717, 1.165) is 16.8 Å². The van der Waals surface area contributed by atoms with Crippen molar-refractivity contribution < 1.29 is 5.11 Å².